The number of hydrogen-bond acceptors (Lipinski definition) is 3. The lowest BCUT2D eigenvalue weighted by atomic mass is 10.0. The van der Waals surface area contributed by atoms with Gasteiger partial charge in [-0.25, -0.2) is 0 Å². The van der Waals surface area contributed by atoms with Gasteiger partial charge < -0.3 is 15.0 Å². The minimum atomic E-state index is 0.340. The molecular weight excluding hydrogens is 316 g/mol. The Morgan fingerprint density at radius 3 is 2.85 bits per heavy atom. The van der Waals surface area contributed by atoms with Crippen molar-refractivity contribution in [2.24, 2.45) is 0 Å². The Kier molecular flexibility index (Phi) is 5.64. The quantitative estimate of drug-likeness (QED) is 0.831. The Morgan fingerprint density at radius 2 is 2.25 bits per heavy atom. The predicted octanol–water partition coefficient (Wildman–Crippen LogP) is 3.51. The van der Waals surface area contributed by atoms with Crippen LogP contribution in [0.5, 0.6) is 0 Å². The molecule has 0 radical (unpaired) electrons. The maximum Gasteiger partial charge on any atom is 0.0674 e. The average Bonchev–Trinajstić information content (AvgIpc) is 2.47. The highest BCUT2D eigenvalue weighted by atomic mass is 79.9. The Morgan fingerprint density at radius 1 is 1.45 bits per heavy atom. The minimum absolute atomic E-state index is 0.340. The molecule has 0 aliphatic carbocycles. The first-order chi connectivity index (χ1) is 9.65. The van der Waals surface area contributed by atoms with Gasteiger partial charge in [-0.2, -0.15) is 0 Å². The van der Waals surface area contributed by atoms with Gasteiger partial charge in [0, 0.05) is 36.4 Å². The second kappa shape index (κ2) is 7.25. The lowest BCUT2D eigenvalue weighted by molar-refractivity contribution is 0.222. The molecule has 1 atom stereocenters. The summed E-state index contributed by atoms with van der Waals surface area (Å²) < 4.78 is 6.34. The first-order valence-electron chi connectivity index (χ1n) is 7.04. The van der Waals surface area contributed by atoms with E-state index < -0.39 is 0 Å². The van der Waals surface area contributed by atoms with Crippen molar-refractivity contribution >= 4 is 21.6 Å². The van der Waals surface area contributed by atoms with Gasteiger partial charge in [0.15, 0.2) is 0 Å². The minimum Gasteiger partial charge on any atom is -0.380 e. The molecule has 0 fully saturated rings. The second-order valence-corrected chi connectivity index (χ2v) is 6.12. The van der Waals surface area contributed by atoms with Crippen LogP contribution in [0, 0.1) is 0 Å². The molecule has 0 bridgehead atoms. The van der Waals surface area contributed by atoms with Gasteiger partial charge in [-0.3, -0.25) is 0 Å². The van der Waals surface area contributed by atoms with E-state index in [4.69, 9.17) is 4.74 Å². The van der Waals surface area contributed by atoms with E-state index >= 15 is 0 Å². The highest BCUT2D eigenvalue weighted by molar-refractivity contribution is 9.10. The van der Waals surface area contributed by atoms with Gasteiger partial charge in [0.2, 0.25) is 0 Å². The number of nitrogens with zero attached hydrogens (tertiary/aromatic N) is 1. The summed E-state index contributed by atoms with van der Waals surface area (Å²) in [4.78, 5) is 2.44. The third-order valence-electron chi connectivity index (χ3n) is 3.86. The van der Waals surface area contributed by atoms with Gasteiger partial charge in [-0.15, -0.1) is 0 Å². The van der Waals surface area contributed by atoms with Crippen LogP contribution in [0.2, 0.25) is 0 Å². The number of ether oxygens (including phenoxy) is 1. The monoisotopic (exact) mass is 338 g/mol. The summed E-state index contributed by atoms with van der Waals surface area (Å²) in [6.07, 6.45) is 3.38. The number of hydrogen-bond donors (Lipinski definition) is 1. The zero-order valence-corrected chi connectivity index (χ0v) is 14.0. The van der Waals surface area contributed by atoms with Gasteiger partial charge in [0.25, 0.3) is 0 Å². The number of benzene rings is 1. The van der Waals surface area contributed by atoms with Crippen LogP contribution in [0.3, 0.4) is 0 Å². The zero-order valence-electron chi connectivity index (χ0n) is 12.4. The van der Waals surface area contributed by atoms with E-state index in [1.807, 2.05) is 7.05 Å². The molecule has 0 spiro atoms. The fraction of sp³-hybridized carbons (Fsp3) is 0.500. The summed E-state index contributed by atoms with van der Waals surface area (Å²) in [6, 6.07) is 6.88. The van der Waals surface area contributed by atoms with Crippen LogP contribution in [0.25, 0.3) is 0 Å². The van der Waals surface area contributed by atoms with Gasteiger partial charge in [0.05, 0.1) is 6.61 Å². The molecule has 1 aliphatic rings. The number of anilines is 1. The molecule has 4 heteroatoms. The van der Waals surface area contributed by atoms with Gasteiger partial charge >= 0.3 is 0 Å². The van der Waals surface area contributed by atoms with E-state index in [2.05, 4.69) is 57.3 Å². The number of nitrogens with one attached hydrogen (secondary N) is 1. The van der Waals surface area contributed by atoms with Crippen molar-refractivity contribution in [3.05, 3.63) is 39.9 Å². The van der Waals surface area contributed by atoms with Crippen LogP contribution < -0.4 is 10.2 Å². The Hall–Kier alpha value is -0.840. The Bertz CT molecular complexity index is 487. The summed E-state index contributed by atoms with van der Waals surface area (Å²) in [5, 5.41) is 3.33. The first-order valence-corrected chi connectivity index (χ1v) is 7.83. The molecule has 3 nitrogen and oxygen atoms in total. The third-order valence-corrected chi connectivity index (χ3v) is 4.36. The molecule has 0 amide bonds. The van der Waals surface area contributed by atoms with E-state index in [1.54, 1.807) is 7.11 Å². The SMILES string of the molecule is CNC(C)c1cc(Br)ccc1N1CC=C(COC)CC1. The second-order valence-electron chi connectivity index (χ2n) is 5.20. The molecule has 0 aromatic heterocycles. The summed E-state index contributed by atoms with van der Waals surface area (Å²) in [5.74, 6) is 0. The van der Waals surface area contributed by atoms with Crippen molar-refractivity contribution in [2.75, 3.05) is 38.8 Å². The van der Waals surface area contributed by atoms with Crippen molar-refractivity contribution in [1.82, 2.24) is 5.32 Å². The summed E-state index contributed by atoms with van der Waals surface area (Å²) >= 11 is 3.57. The van der Waals surface area contributed by atoms with Gasteiger partial charge in [-0.05, 0) is 49.7 Å². The van der Waals surface area contributed by atoms with Gasteiger partial charge in [0.1, 0.15) is 0 Å². The van der Waals surface area contributed by atoms with Gasteiger partial charge in [-0.1, -0.05) is 22.0 Å². The molecule has 0 saturated heterocycles. The number of methoxy groups -OCH3 is 1. The molecular formula is C16H23BrN2O. The highest BCUT2D eigenvalue weighted by Crippen LogP contribution is 2.31. The van der Waals surface area contributed by atoms with Crippen LogP contribution in [0.1, 0.15) is 24.9 Å². The normalized spacial score (nSPS) is 17.0. The third kappa shape index (κ3) is 3.62. The highest BCUT2D eigenvalue weighted by Gasteiger charge is 2.17. The Balaban J connectivity index is 2.21. The first kappa shape index (κ1) is 15.5. The van der Waals surface area contributed by atoms with Crippen molar-refractivity contribution in [3.63, 3.8) is 0 Å². The van der Waals surface area contributed by atoms with E-state index in [-0.39, 0.29) is 0 Å². The van der Waals surface area contributed by atoms with E-state index in [1.165, 1.54) is 16.8 Å². The maximum atomic E-state index is 5.21. The van der Waals surface area contributed by atoms with E-state index in [0.29, 0.717) is 6.04 Å². The summed E-state index contributed by atoms with van der Waals surface area (Å²) in [7, 11) is 3.76. The van der Waals surface area contributed by atoms with Crippen molar-refractivity contribution in [2.45, 2.75) is 19.4 Å². The molecule has 1 unspecified atom stereocenters. The van der Waals surface area contributed by atoms with Crippen molar-refractivity contribution in [3.8, 4) is 0 Å². The predicted molar refractivity (Wildman–Crippen MR) is 88.4 cm³/mol. The van der Waals surface area contributed by atoms with Crippen LogP contribution >= 0.6 is 15.9 Å². The van der Waals surface area contributed by atoms with Crippen molar-refractivity contribution in [1.29, 1.82) is 0 Å². The standard InChI is InChI=1S/C16H23BrN2O/c1-12(18-2)15-10-14(17)4-5-16(15)19-8-6-13(7-9-19)11-20-3/h4-6,10,12,18H,7-9,11H2,1-3H3. The molecule has 2 rings (SSSR count). The Labute approximate surface area is 130 Å². The lowest BCUT2D eigenvalue weighted by Crippen LogP contribution is -2.31. The molecule has 1 aliphatic heterocycles. The maximum absolute atomic E-state index is 5.21. The molecule has 1 N–H and O–H groups in total. The van der Waals surface area contributed by atoms with Crippen LogP contribution in [0.4, 0.5) is 5.69 Å². The molecule has 20 heavy (non-hydrogen) atoms. The van der Waals surface area contributed by atoms with E-state index in [9.17, 15) is 0 Å². The zero-order chi connectivity index (χ0) is 14.5. The smallest absolute Gasteiger partial charge is 0.0674 e. The fourth-order valence-electron chi connectivity index (χ4n) is 2.56. The van der Waals surface area contributed by atoms with Crippen LogP contribution in [0.15, 0.2) is 34.3 Å². The number of rotatable bonds is 5. The summed E-state index contributed by atoms with van der Waals surface area (Å²) in [6.45, 7) is 4.97. The number of halogens is 1. The topological polar surface area (TPSA) is 24.5 Å². The van der Waals surface area contributed by atoms with Crippen molar-refractivity contribution < 1.29 is 4.74 Å². The largest absolute Gasteiger partial charge is 0.380 e. The summed E-state index contributed by atoms with van der Waals surface area (Å²) in [5.41, 5.74) is 4.07. The van der Waals surface area contributed by atoms with E-state index in [0.717, 1.165) is 30.6 Å². The average molecular weight is 339 g/mol. The fourth-order valence-corrected chi connectivity index (χ4v) is 2.94. The lowest BCUT2D eigenvalue weighted by Gasteiger charge is -2.31. The molecule has 1 heterocycles. The van der Waals surface area contributed by atoms with Crippen LogP contribution in [-0.2, 0) is 4.74 Å². The van der Waals surface area contributed by atoms with Crippen LogP contribution in [-0.4, -0.2) is 33.9 Å². The molecule has 1 aromatic carbocycles. The molecule has 0 saturated carbocycles. The molecule has 1 aromatic rings. The molecule has 110 valence electrons.